The quantitative estimate of drug-likeness (QED) is 0.185. The second kappa shape index (κ2) is 14.7. The van der Waals surface area contributed by atoms with Crippen molar-refractivity contribution >= 4 is 45.2 Å². The van der Waals surface area contributed by atoms with Crippen LogP contribution in [0.2, 0.25) is 5.02 Å². The van der Waals surface area contributed by atoms with Gasteiger partial charge in [-0.3, -0.25) is 10.1 Å². The van der Waals surface area contributed by atoms with Crippen LogP contribution in [0.1, 0.15) is 29.8 Å². The molecule has 2 N–H and O–H groups in total. The zero-order valence-electron chi connectivity index (χ0n) is 25.2. The molecule has 3 aromatic carbocycles. The fraction of sp³-hybridized carbons (Fsp3) is 0.156. The van der Waals surface area contributed by atoms with Crippen molar-refractivity contribution in [1.82, 2.24) is 35.7 Å². The fourth-order valence-corrected chi connectivity index (χ4v) is 5.78. The van der Waals surface area contributed by atoms with E-state index in [2.05, 4.69) is 41.1 Å². The molecule has 0 saturated carbocycles. The van der Waals surface area contributed by atoms with E-state index in [1.54, 1.807) is 54.6 Å². The number of carbonyl (C=O) groups excluding carboxylic acids is 2. The maximum Gasteiger partial charge on any atom is 0.411 e. The van der Waals surface area contributed by atoms with E-state index in [1.807, 2.05) is 30.3 Å². The molecular weight excluding hydrogens is 644 g/mol. The first-order chi connectivity index (χ1) is 22.7. The number of benzene rings is 3. The third-order valence-electron chi connectivity index (χ3n) is 7.04. The topological polar surface area (TPSA) is 171 Å². The molecule has 0 bridgehead atoms. The van der Waals surface area contributed by atoms with Crippen LogP contribution in [0, 0.1) is 0 Å². The van der Waals surface area contributed by atoms with Crippen molar-refractivity contribution in [2.24, 2.45) is 0 Å². The summed E-state index contributed by atoms with van der Waals surface area (Å²) < 4.78 is 32.2. The number of methoxy groups -OCH3 is 1. The summed E-state index contributed by atoms with van der Waals surface area (Å²) in [6, 6.07) is 22.0. The van der Waals surface area contributed by atoms with Gasteiger partial charge in [0.25, 0.3) is 0 Å². The zero-order chi connectivity index (χ0) is 33.4. The van der Waals surface area contributed by atoms with E-state index in [0.29, 0.717) is 45.2 Å². The van der Waals surface area contributed by atoms with Crippen molar-refractivity contribution in [2.75, 3.05) is 18.2 Å². The number of hydrogen-bond donors (Lipinski definition) is 2. The Balaban J connectivity index is 1.51. The highest BCUT2D eigenvalue weighted by atomic mass is 35.5. The van der Waals surface area contributed by atoms with Crippen LogP contribution in [0.15, 0.2) is 96.3 Å². The van der Waals surface area contributed by atoms with Crippen LogP contribution in [0.5, 0.6) is 0 Å². The normalized spacial score (nSPS) is 12.1. The number of nitrogens with zero attached hydrogens (tertiary/aromatic N) is 6. The predicted molar refractivity (Wildman–Crippen MR) is 175 cm³/mol. The lowest BCUT2D eigenvalue weighted by Gasteiger charge is -2.19. The lowest BCUT2D eigenvalue weighted by atomic mass is 10.00. The molecule has 2 heterocycles. The van der Waals surface area contributed by atoms with E-state index in [1.165, 1.54) is 31.1 Å². The molecule has 47 heavy (non-hydrogen) atoms. The number of tetrazole rings is 1. The molecule has 0 aliphatic carbocycles. The van der Waals surface area contributed by atoms with Crippen molar-refractivity contribution in [3.63, 3.8) is 0 Å². The van der Waals surface area contributed by atoms with Crippen molar-refractivity contribution in [2.45, 2.75) is 24.4 Å². The maximum atomic E-state index is 13.4. The Hall–Kier alpha value is -5.47. The Labute approximate surface area is 275 Å². The van der Waals surface area contributed by atoms with E-state index in [4.69, 9.17) is 11.6 Å². The first kappa shape index (κ1) is 32.9. The fourth-order valence-electron chi connectivity index (χ4n) is 4.64. The van der Waals surface area contributed by atoms with Gasteiger partial charge in [0.2, 0.25) is 5.91 Å². The molecule has 2 amide bonds. The summed E-state index contributed by atoms with van der Waals surface area (Å²) in [5, 5.41) is 25.5. The molecule has 240 valence electrons. The number of hydrogen-bond acceptors (Lipinski definition) is 10. The van der Waals surface area contributed by atoms with Gasteiger partial charge in [0.15, 0.2) is 14.9 Å². The standard InChI is InChI=1S/C32H29ClN8O5S/c1-3-47(44,45)31-26(22-9-13-25(14-10-22)35-32(43)46-2)19-28(37-38-31)27(17-21-7-5-4-6-8-21)36-30(42)16-11-23-18-24(33)12-15-29(23)41-20-34-39-40-41/h4-16,18-20,27H,3,17H2,1-2H3,(H,35,43)(H,36,42)/t27-/m0/s1. The van der Waals surface area contributed by atoms with Crippen molar-refractivity contribution in [3.05, 3.63) is 113 Å². The SMILES string of the molecule is CCS(=O)(=O)c1nnc([C@H](Cc2ccccc2)NC(=O)C=Cc2cc(Cl)ccc2-n2cnnn2)cc1-c1ccc(NC(=O)OC)cc1. The monoisotopic (exact) mass is 672 g/mol. The Kier molecular flexibility index (Phi) is 10.3. The van der Waals surface area contributed by atoms with Gasteiger partial charge in [-0.15, -0.1) is 10.2 Å². The average Bonchev–Trinajstić information content (AvgIpc) is 3.62. The summed E-state index contributed by atoms with van der Waals surface area (Å²) in [6.07, 6.45) is 4.07. The van der Waals surface area contributed by atoms with Gasteiger partial charge in [-0.05, 0) is 70.4 Å². The van der Waals surface area contributed by atoms with E-state index in [9.17, 15) is 18.0 Å². The minimum atomic E-state index is -3.79. The summed E-state index contributed by atoms with van der Waals surface area (Å²) in [5.41, 5.74) is 3.73. The van der Waals surface area contributed by atoms with Gasteiger partial charge >= 0.3 is 6.09 Å². The highest BCUT2D eigenvalue weighted by Crippen LogP contribution is 2.30. The molecule has 13 nitrogen and oxygen atoms in total. The number of ether oxygens (including phenoxy) is 1. The first-order valence-corrected chi connectivity index (χ1v) is 16.3. The van der Waals surface area contributed by atoms with Gasteiger partial charge in [-0.1, -0.05) is 61.0 Å². The molecule has 1 atom stereocenters. The number of anilines is 1. The molecule has 0 fully saturated rings. The van der Waals surface area contributed by atoms with E-state index in [0.717, 1.165) is 5.56 Å². The van der Waals surface area contributed by atoms with Crippen molar-refractivity contribution in [3.8, 4) is 16.8 Å². The highest BCUT2D eigenvalue weighted by molar-refractivity contribution is 7.91. The Bertz CT molecular complexity index is 2010. The number of rotatable bonds is 11. The molecule has 2 aromatic heterocycles. The van der Waals surface area contributed by atoms with Gasteiger partial charge in [0.05, 0.1) is 30.3 Å². The second-order valence-electron chi connectivity index (χ2n) is 10.1. The molecule has 0 unspecified atom stereocenters. The minimum Gasteiger partial charge on any atom is -0.453 e. The van der Waals surface area contributed by atoms with Crippen molar-refractivity contribution in [1.29, 1.82) is 0 Å². The molecule has 0 spiro atoms. The van der Waals surface area contributed by atoms with Crippen LogP contribution < -0.4 is 10.6 Å². The Morgan fingerprint density at radius 3 is 2.47 bits per heavy atom. The van der Waals surface area contributed by atoms with E-state index >= 15 is 0 Å². The minimum absolute atomic E-state index is 0.193. The first-order valence-electron chi connectivity index (χ1n) is 14.3. The Morgan fingerprint density at radius 2 is 1.79 bits per heavy atom. The lowest BCUT2D eigenvalue weighted by Crippen LogP contribution is -2.29. The number of halogens is 1. The van der Waals surface area contributed by atoms with Crippen LogP contribution in [0.3, 0.4) is 0 Å². The van der Waals surface area contributed by atoms with Gasteiger partial charge in [-0.2, -0.15) is 9.78 Å². The van der Waals surface area contributed by atoms with Crippen molar-refractivity contribution < 1.29 is 22.7 Å². The van der Waals surface area contributed by atoms with Crippen LogP contribution in [-0.4, -0.2) is 63.7 Å². The summed E-state index contributed by atoms with van der Waals surface area (Å²) in [7, 11) is -2.54. The second-order valence-corrected chi connectivity index (χ2v) is 12.8. The third-order valence-corrected chi connectivity index (χ3v) is 8.92. The average molecular weight is 673 g/mol. The molecule has 5 aromatic rings. The Morgan fingerprint density at radius 1 is 1.02 bits per heavy atom. The number of aromatic nitrogens is 6. The van der Waals surface area contributed by atoms with Gasteiger partial charge in [-0.25, -0.2) is 13.2 Å². The third kappa shape index (κ3) is 8.23. The predicted octanol–water partition coefficient (Wildman–Crippen LogP) is 4.86. The smallest absolute Gasteiger partial charge is 0.411 e. The van der Waals surface area contributed by atoms with Gasteiger partial charge in [0, 0.05) is 27.9 Å². The van der Waals surface area contributed by atoms with Crippen LogP contribution in [-0.2, 0) is 25.8 Å². The van der Waals surface area contributed by atoms with Gasteiger partial charge in [0.1, 0.15) is 6.33 Å². The highest BCUT2D eigenvalue weighted by Gasteiger charge is 2.25. The van der Waals surface area contributed by atoms with E-state index in [-0.39, 0.29) is 10.8 Å². The number of carbonyl (C=O) groups is 2. The van der Waals surface area contributed by atoms with Crippen LogP contribution in [0.4, 0.5) is 10.5 Å². The number of nitrogens with one attached hydrogen (secondary N) is 2. The molecular formula is C32H29ClN8O5S. The largest absolute Gasteiger partial charge is 0.453 e. The summed E-state index contributed by atoms with van der Waals surface area (Å²) in [4.78, 5) is 25.0. The molecule has 0 radical (unpaired) electrons. The van der Waals surface area contributed by atoms with Gasteiger partial charge < -0.3 is 10.1 Å². The van der Waals surface area contributed by atoms with Crippen LogP contribution >= 0.6 is 11.6 Å². The maximum absolute atomic E-state index is 13.4. The van der Waals surface area contributed by atoms with E-state index < -0.39 is 27.9 Å². The summed E-state index contributed by atoms with van der Waals surface area (Å²) >= 11 is 6.23. The summed E-state index contributed by atoms with van der Waals surface area (Å²) in [6.45, 7) is 1.52. The molecule has 0 aliphatic rings. The summed E-state index contributed by atoms with van der Waals surface area (Å²) in [5.74, 6) is -0.637. The molecule has 5 rings (SSSR count). The zero-order valence-corrected chi connectivity index (χ0v) is 26.8. The van der Waals surface area contributed by atoms with Crippen LogP contribution in [0.25, 0.3) is 22.9 Å². The lowest BCUT2D eigenvalue weighted by molar-refractivity contribution is -0.117. The molecule has 0 aliphatic heterocycles. The molecule has 0 saturated heterocycles. The number of amides is 2. The molecule has 15 heteroatoms. The number of sulfone groups is 1.